The number of aliphatic hydroxyl groups is 1. The van der Waals surface area contributed by atoms with Crippen molar-refractivity contribution < 1.29 is 5.11 Å². The van der Waals surface area contributed by atoms with E-state index in [2.05, 4.69) is 32.3 Å². The summed E-state index contributed by atoms with van der Waals surface area (Å²) in [6, 6.07) is 9.78. The minimum absolute atomic E-state index is 0.142. The van der Waals surface area contributed by atoms with Crippen LogP contribution in [-0.2, 0) is 6.54 Å². The van der Waals surface area contributed by atoms with Gasteiger partial charge in [0.1, 0.15) is 11.0 Å². The predicted octanol–water partition coefficient (Wildman–Crippen LogP) is 2.41. The second-order valence-corrected chi connectivity index (χ2v) is 6.15. The van der Waals surface area contributed by atoms with Gasteiger partial charge in [-0.15, -0.1) is 0 Å². The molecule has 1 fully saturated rings. The number of nitrogen functional groups attached to an aromatic ring is 1. The number of aromatic nitrogens is 2. The normalized spacial score (nSPS) is 16.4. The van der Waals surface area contributed by atoms with Gasteiger partial charge in [-0.1, -0.05) is 23.7 Å². The van der Waals surface area contributed by atoms with Crippen LogP contribution in [-0.4, -0.2) is 39.2 Å². The number of aliphatic hydroxyl groups excluding tert-OH is 1. The Morgan fingerprint density at radius 3 is 2.78 bits per heavy atom. The van der Waals surface area contributed by atoms with Gasteiger partial charge >= 0.3 is 0 Å². The van der Waals surface area contributed by atoms with Gasteiger partial charge in [-0.25, -0.2) is 4.98 Å². The highest BCUT2D eigenvalue weighted by molar-refractivity contribution is 6.29. The number of benzene rings is 1. The molecule has 0 bridgehead atoms. The first-order valence-corrected chi connectivity index (χ1v) is 8.03. The highest BCUT2D eigenvalue weighted by atomic mass is 35.5. The minimum Gasteiger partial charge on any atom is -0.393 e. The molecule has 0 radical (unpaired) electrons. The fraction of sp³-hybridized carbons (Fsp3) is 0.375. The molecule has 1 aromatic heterocycles. The first-order valence-electron chi connectivity index (χ1n) is 7.65. The van der Waals surface area contributed by atoms with Crippen LogP contribution in [0, 0.1) is 0 Å². The first-order chi connectivity index (χ1) is 11.1. The molecule has 7 heteroatoms. The lowest BCUT2D eigenvalue weighted by Crippen LogP contribution is -2.35. The lowest BCUT2D eigenvalue weighted by Gasteiger charge is -2.29. The van der Waals surface area contributed by atoms with Crippen molar-refractivity contribution in [2.24, 2.45) is 0 Å². The van der Waals surface area contributed by atoms with Gasteiger partial charge < -0.3 is 16.2 Å². The highest BCUT2D eigenvalue weighted by Gasteiger charge is 2.16. The number of nitrogens with zero attached hydrogens (tertiary/aromatic N) is 3. The van der Waals surface area contributed by atoms with E-state index in [-0.39, 0.29) is 12.1 Å². The number of nitrogens with one attached hydrogen (secondary N) is 1. The summed E-state index contributed by atoms with van der Waals surface area (Å²) in [6.07, 6.45) is 1.54. The maximum Gasteiger partial charge on any atom is 0.223 e. The lowest BCUT2D eigenvalue weighted by atomic mass is 10.1. The number of rotatable bonds is 4. The molecule has 3 rings (SSSR count). The van der Waals surface area contributed by atoms with Crippen LogP contribution in [0.1, 0.15) is 18.4 Å². The molecule has 1 saturated heterocycles. The molecular weight excluding hydrogens is 314 g/mol. The van der Waals surface area contributed by atoms with E-state index in [0.717, 1.165) is 38.2 Å². The molecule has 122 valence electrons. The number of piperidine rings is 1. The zero-order valence-corrected chi connectivity index (χ0v) is 13.5. The Kier molecular flexibility index (Phi) is 4.95. The molecule has 23 heavy (non-hydrogen) atoms. The summed E-state index contributed by atoms with van der Waals surface area (Å²) in [6.45, 7) is 2.72. The average Bonchev–Trinajstić information content (AvgIpc) is 2.49. The van der Waals surface area contributed by atoms with Gasteiger partial charge in [-0.2, -0.15) is 4.98 Å². The fourth-order valence-electron chi connectivity index (χ4n) is 2.73. The molecule has 1 aromatic carbocycles. The van der Waals surface area contributed by atoms with E-state index in [1.165, 1.54) is 5.56 Å². The van der Waals surface area contributed by atoms with E-state index in [0.29, 0.717) is 11.0 Å². The van der Waals surface area contributed by atoms with Crippen LogP contribution in [0.15, 0.2) is 30.3 Å². The number of halogens is 1. The number of likely N-dealkylation sites (tertiary alicyclic amines) is 1. The molecule has 1 aliphatic heterocycles. The standard InChI is InChI=1S/C16H20ClN5O/c17-14-9-15(21-16(18)20-14)19-12-3-1-2-11(8-12)10-22-6-4-13(23)5-7-22/h1-3,8-9,13,23H,4-7,10H2,(H3,18,19,20,21). The van der Waals surface area contributed by atoms with Crippen LogP contribution in [0.4, 0.5) is 17.5 Å². The van der Waals surface area contributed by atoms with E-state index in [1.807, 2.05) is 12.1 Å². The third-order valence-electron chi connectivity index (χ3n) is 3.87. The summed E-state index contributed by atoms with van der Waals surface area (Å²) in [7, 11) is 0. The van der Waals surface area contributed by atoms with Crippen LogP contribution >= 0.6 is 11.6 Å². The van der Waals surface area contributed by atoms with Gasteiger partial charge in [0.2, 0.25) is 5.95 Å². The zero-order chi connectivity index (χ0) is 16.2. The number of anilines is 3. The Morgan fingerprint density at radius 2 is 2.04 bits per heavy atom. The van der Waals surface area contributed by atoms with Gasteiger partial charge in [0, 0.05) is 31.4 Å². The smallest absolute Gasteiger partial charge is 0.223 e. The van der Waals surface area contributed by atoms with Crippen molar-refractivity contribution in [1.82, 2.24) is 14.9 Å². The molecule has 0 unspecified atom stereocenters. The van der Waals surface area contributed by atoms with Crippen LogP contribution in [0.25, 0.3) is 0 Å². The fourth-order valence-corrected chi connectivity index (χ4v) is 2.92. The van der Waals surface area contributed by atoms with Crippen molar-refractivity contribution in [2.75, 3.05) is 24.1 Å². The number of hydrogen-bond acceptors (Lipinski definition) is 6. The molecule has 0 aliphatic carbocycles. The third kappa shape index (κ3) is 4.54. The molecule has 0 amide bonds. The van der Waals surface area contributed by atoms with Crippen molar-refractivity contribution >= 4 is 29.1 Å². The maximum atomic E-state index is 9.58. The Labute approximate surface area is 140 Å². The van der Waals surface area contributed by atoms with Crippen LogP contribution in [0.2, 0.25) is 5.15 Å². The zero-order valence-electron chi connectivity index (χ0n) is 12.7. The van der Waals surface area contributed by atoms with Crippen LogP contribution in [0.3, 0.4) is 0 Å². The first kappa shape index (κ1) is 16.0. The van der Waals surface area contributed by atoms with Crippen molar-refractivity contribution in [3.63, 3.8) is 0 Å². The minimum atomic E-state index is -0.146. The van der Waals surface area contributed by atoms with Crippen LogP contribution < -0.4 is 11.1 Å². The quantitative estimate of drug-likeness (QED) is 0.745. The van der Waals surface area contributed by atoms with E-state index in [9.17, 15) is 5.11 Å². The van der Waals surface area contributed by atoms with Crippen LogP contribution in [0.5, 0.6) is 0 Å². The van der Waals surface area contributed by atoms with Crippen molar-refractivity contribution in [3.8, 4) is 0 Å². The third-order valence-corrected chi connectivity index (χ3v) is 4.07. The second kappa shape index (κ2) is 7.12. The van der Waals surface area contributed by atoms with Crippen molar-refractivity contribution in [2.45, 2.75) is 25.5 Å². The lowest BCUT2D eigenvalue weighted by molar-refractivity contribution is 0.0792. The monoisotopic (exact) mass is 333 g/mol. The average molecular weight is 334 g/mol. The molecule has 2 aromatic rings. The molecule has 0 saturated carbocycles. The number of hydrogen-bond donors (Lipinski definition) is 3. The highest BCUT2D eigenvalue weighted by Crippen LogP contribution is 2.21. The van der Waals surface area contributed by atoms with Gasteiger partial charge in [0.25, 0.3) is 0 Å². The molecular formula is C16H20ClN5O. The molecule has 0 atom stereocenters. The summed E-state index contributed by atoms with van der Waals surface area (Å²) in [5.41, 5.74) is 7.74. The molecule has 0 spiro atoms. The summed E-state index contributed by atoms with van der Waals surface area (Å²) >= 11 is 5.89. The predicted molar refractivity (Wildman–Crippen MR) is 91.7 cm³/mol. The van der Waals surface area contributed by atoms with Gasteiger partial charge in [-0.3, -0.25) is 4.90 Å². The number of nitrogens with two attached hydrogens (primary N) is 1. The maximum absolute atomic E-state index is 9.58. The topological polar surface area (TPSA) is 87.3 Å². The molecule has 1 aliphatic rings. The van der Waals surface area contributed by atoms with Crippen molar-refractivity contribution in [3.05, 3.63) is 41.0 Å². The van der Waals surface area contributed by atoms with E-state index in [4.69, 9.17) is 17.3 Å². The van der Waals surface area contributed by atoms with E-state index >= 15 is 0 Å². The SMILES string of the molecule is Nc1nc(Cl)cc(Nc2cccc(CN3CCC(O)CC3)c2)n1. The molecule has 2 heterocycles. The Balaban J connectivity index is 1.67. The Hall–Kier alpha value is -1.89. The summed E-state index contributed by atoms with van der Waals surface area (Å²) in [4.78, 5) is 10.3. The van der Waals surface area contributed by atoms with E-state index in [1.54, 1.807) is 6.07 Å². The Morgan fingerprint density at radius 1 is 1.26 bits per heavy atom. The van der Waals surface area contributed by atoms with Gasteiger partial charge in [0.05, 0.1) is 6.10 Å². The van der Waals surface area contributed by atoms with Crippen molar-refractivity contribution in [1.29, 1.82) is 0 Å². The Bertz CT molecular complexity index is 653. The van der Waals surface area contributed by atoms with Gasteiger partial charge in [0.15, 0.2) is 0 Å². The summed E-state index contributed by atoms with van der Waals surface area (Å²) in [5, 5.41) is 13.1. The van der Waals surface area contributed by atoms with E-state index < -0.39 is 0 Å². The second-order valence-electron chi connectivity index (χ2n) is 5.77. The summed E-state index contributed by atoms with van der Waals surface area (Å²) < 4.78 is 0. The largest absolute Gasteiger partial charge is 0.393 e. The summed E-state index contributed by atoms with van der Waals surface area (Å²) in [5.74, 6) is 0.712. The van der Waals surface area contributed by atoms with Gasteiger partial charge in [-0.05, 0) is 30.5 Å². The molecule has 6 nitrogen and oxygen atoms in total. The molecule has 4 N–H and O–H groups in total.